The minimum Gasteiger partial charge on any atom is -0.369 e. The lowest BCUT2D eigenvalue weighted by Gasteiger charge is -2.17. The number of rotatable bonds is 5. The van der Waals surface area contributed by atoms with Gasteiger partial charge in [0.1, 0.15) is 0 Å². The Hall–Kier alpha value is -2.24. The standard InChI is InChI=1S/C17H17Cl2N3O2/c1-10(13-7-6-12(18)9-14(13)19)21-17(24)22-15-5-3-2-4-11(15)8-16(20)23/h2-7,9-10H,8H2,1H3,(H2,20,23)(H2,21,22,24). The quantitative estimate of drug-likeness (QED) is 0.750. The predicted octanol–water partition coefficient (Wildman–Crippen LogP) is 3.90. The maximum absolute atomic E-state index is 12.2. The van der Waals surface area contributed by atoms with E-state index in [1.54, 1.807) is 42.5 Å². The third-order valence-corrected chi connectivity index (χ3v) is 3.97. The van der Waals surface area contributed by atoms with Gasteiger partial charge in [0, 0.05) is 15.7 Å². The van der Waals surface area contributed by atoms with Crippen LogP contribution in [0, 0.1) is 0 Å². The molecule has 0 aliphatic heterocycles. The van der Waals surface area contributed by atoms with Crippen molar-refractivity contribution >= 4 is 40.8 Å². The summed E-state index contributed by atoms with van der Waals surface area (Å²) < 4.78 is 0. The summed E-state index contributed by atoms with van der Waals surface area (Å²) >= 11 is 12.0. The van der Waals surface area contributed by atoms with Gasteiger partial charge in [-0.05, 0) is 36.2 Å². The number of para-hydroxylation sites is 1. The molecule has 2 rings (SSSR count). The number of benzene rings is 2. The van der Waals surface area contributed by atoms with Crippen LogP contribution in [0.3, 0.4) is 0 Å². The molecule has 0 aliphatic carbocycles. The molecule has 2 aromatic rings. The van der Waals surface area contributed by atoms with E-state index in [1.165, 1.54) is 0 Å². The van der Waals surface area contributed by atoms with E-state index in [2.05, 4.69) is 10.6 Å². The minimum atomic E-state index is -0.467. The molecule has 1 unspecified atom stereocenters. The van der Waals surface area contributed by atoms with Gasteiger partial charge in [-0.1, -0.05) is 47.5 Å². The van der Waals surface area contributed by atoms with Crippen LogP contribution in [0.5, 0.6) is 0 Å². The highest BCUT2D eigenvalue weighted by Crippen LogP contribution is 2.26. The van der Waals surface area contributed by atoms with Crippen molar-refractivity contribution in [2.24, 2.45) is 5.73 Å². The highest BCUT2D eigenvalue weighted by molar-refractivity contribution is 6.35. The average molecular weight is 366 g/mol. The molecule has 0 heterocycles. The molecule has 0 radical (unpaired) electrons. The number of anilines is 1. The highest BCUT2D eigenvalue weighted by atomic mass is 35.5. The summed E-state index contributed by atoms with van der Waals surface area (Å²) in [4.78, 5) is 23.3. The molecule has 0 saturated heterocycles. The maximum atomic E-state index is 12.2. The van der Waals surface area contributed by atoms with Crippen molar-refractivity contribution in [2.45, 2.75) is 19.4 Å². The van der Waals surface area contributed by atoms with Gasteiger partial charge in [-0.2, -0.15) is 0 Å². The summed E-state index contributed by atoms with van der Waals surface area (Å²) in [6, 6.07) is 11.3. The minimum absolute atomic E-state index is 0.0506. The van der Waals surface area contributed by atoms with Gasteiger partial charge in [-0.3, -0.25) is 4.79 Å². The van der Waals surface area contributed by atoms with Crippen LogP contribution in [-0.4, -0.2) is 11.9 Å². The lowest BCUT2D eigenvalue weighted by atomic mass is 10.1. The molecule has 2 aromatic carbocycles. The number of nitrogens with one attached hydrogen (secondary N) is 2. The molecule has 0 aromatic heterocycles. The molecule has 126 valence electrons. The molecular formula is C17H17Cl2N3O2. The Morgan fingerprint density at radius 2 is 1.88 bits per heavy atom. The number of urea groups is 1. The zero-order valence-corrected chi connectivity index (χ0v) is 14.5. The predicted molar refractivity (Wildman–Crippen MR) is 96.4 cm³/mol. The third-order valence-electron chi connectivity index (χ3n) is 3.41. The van der Waals surface area contributed by atoms with Crippen molar-refractivity contribution in [3.8, 4) is 0 Å². The van der Waals surface area contributed by atoms with Crippen LogP contribution >= 0.6 is 23.2 Å². The number of carbonyl (C=O) groups excluding carboxylic acids is 2. The van der Waals surface area contributed by atoms with E-state index < -0.39 is 11.9 Å². The van der Waals surface area contributed by atoms with Gasteiger partial charge in [0.25, 0.3) is 0 Å². The molecule has 0 saturated carbocycles. The summed E-state index contributed by atoms with van der Waals surface area (Å²) in [6.45, 7) is 1.81. The van der Waals surface area contributed by atoms with Crippen molar-refractivity contribution in [3.05, 3.63) is 63.6 Å². The Morgan fingerprint density at radius 1 is 1.17 bits per heavy atom. The van der Waals surface area contributed by atoms with Crippen molar-refractivity contribution in [1.82, 2.24) is 5.32 Å². The van der Waals surface area contributed by atoms with E-state index >= 15 is 0 Å². The molecule has 1 atom stereocenters. The zero-order valence-electron chi connectivity index (χ0n) is 13.0. The molecule has 0 spiro atoms. The topological polar surface area (TPSA) is 84.2 Å². The Labute approximate surface area is 150 Å². The van der Waals surface area contributed by atoms with E-state index in [-0.39, 0.29) is 12.5 Å². The number of amides is 3. The molecule has 0 bridgehead atoms. The first kappa shape index (κ1) is 18.1. The maximum Gasteiger partial charge on any atom is 0.319 e. The summed E-state index contributed by atoms with van der Waals surface area (Å²) in [5, 5.41) is 6.52. The number of nitrogens with two attached hydrogens (primary N) is 1. The van der Waals surface area contributed by atoms with Gasteiger partial charge >= 0.3 is 6.03 Å². The molecule has 4 N–H and O–H groups in total. The Morgan fingerprint density at radius 3 is 2.54 bits per heavy atom. The van der Waals surface area contributed by atoms with Gasteiger partial charge in [0.2, 0.25) is 5.91 Å². The molecular weight excluding hydrogens is 349 g/mol. The fourth-order valence-corrected chi connectivity index (χ4v) is 2.84. The fourth-order valence-electron chi connectivity index (χ4n) is 2.27. The molecule has 7 heteroatoms. The van der Waals surface area contributed by atoms with Gasteiger partial charge in [-0.25, -0.2) is 4.79 Å². The Balaban J connectivity index is 2.07. The summed E-state index contributed by atoms with van der Waals surface area (Å²) in [5.74, 6) is -0.467. The lowest BCUT2D eigenvalue weighted by molar-refractivity contribution is -0.117. The van der Waals surface area contributed by atoms with Crippen LogP contribution in [0.1, 0.15) is 24.1 Å². The number of primary amides is 1. The number of halogens is 2. The van der Waals surface area contributed by atoms with Crippen molar-refractivity contribution in [3.63, 3.8) is 0 Å². The SMILES string of the molecule is CC(NC(=O)Nc1ccccc1CC(N)=O)c1ccc(Cl)cc1Cl. The second-order valence-corrected chi connectivity index (χ2v) is 6.13. The highest BCUT2D eigenvalue weighted by Gasteiger charge is 2.14. The zero-order chi connectivity index (χ0) is 17.7. The van der Waals surface area contributed by atoms with Crippen molar-refractivity contribution in [2.75, 3.05) is 5.32 Å². The first-order chi connectivity index (χ1) is 11.4. The number of hydrogen-bond acceptors (Lipinski definition) is 2. The molecule has 3 amide bonds. The normalized spacial score (nSPS) is 11.6. The van der Waals surface area contributed by atoms with Gasteiger partial charge in [0.05, 0.1) is 12.5 Å². The van der Waals surface area contributed by atoms with Gasteiger partial charge in [0.15, 0.2) is 0 Å². The van der Waals surface area contributed by atoms with Crippen molar-refractivity contribution in [1.29, 1.82) is 0 Å². The summed E-state index contributed by atoms with van der Waals surface area (Å²) in [6.07, 6.45) is 0.0506. The van der Waals surface area contributed by atoms with Crippen LogP contribution < -0.4 is 16.4 Å². The van der Waals surface area contributed by atoms with Crippen LogP contribution in [-0.2, 0) is 11.2 Å². The molecule has 0 fully saturated rings. The number of hydrogen-bond donors (Lipinski definition) is 3. The molecule has 0 aliphatic rings. The largest absolute Gasteiger partial charge is 0.369 e. The Kier molecular flexibility index (Phi) is 6.06. The second kappa shape index (κ2) is 8.04. The van der Waals surface area contributed by atoms with Crippen molar-refractivity contribution < 1.29 is 9.59 Å². The van der Waals surface area contributed by atoms with Crippen LogP contribution in [0.2, 0.25) is 10.0 Å². The molecule has 24 heavy (non-hydrogen) atoms. The van der Waals surface area contributed by atoms with Crippen LogP contribution in [0.25, 0.3) is 0 Å². The molecule has 5 nitrogen and oxygen atoms in total. The lowest BCUT2D eigenvalue weighted by Crippen LogP contribution is -2.31. The monoisotopic (exact) mass is 365 g/mol. The Bertz CT molecular complexity index is 765. The second-order valence-electron chi connectivity index (χ2n) is 5.29. The smallest absolute Gasteiger partial charge is 0.319 e. The first-order valence-electron chi connectivity index (χ1n) is 7.25. The summed E-state index contributed by atoms with van der Waals surface area (Å²) in [7, 11) is 0. The number of carbonyl (C=O) groups is 2. The van der Waals surface area contributed by atoms with Crippen LogP contribution in [0.15, 0.2) is 42.5 Å². The fraction of sp³-hybridized carbons (Fsp3) is 0.176. The van der Waals surface area contributed by atoms with Crippen LogP contribution in [0.4, 0.5) is 10.5 Å². The van der Waals surface area contributed by atoms with E-state index in [4.69, 9.17) is 28.9 Å². The van der Waals surface area contributed by atoms with E-state index in [9.17, 15) is 9.59 Å². The van der Waals surface area contributed by atoms with E-state index in [1.807, 2.05) is 6.92 Å². The van der Waals surface area contributed by atoms with Gasteiger partial charge in [-0.15, -0.1) is 0 Å². The first-order valence-corrected chi connectivity index (χ1v) is 8.01. The summed E-state index contributed by atoms with van der Waals surface area (Å²) in [5.41, 5.74) is 7.15. The average Bonchev–Trinajstić information content (AvgIpc) is 2.48. The van der Waals surface area contributed by atoms with E-state index in [0.29, 0.717) is 21.3 Å². The third kappa shape index (κ3) is 4.88. The van der Waals surface area contributed by atoms with Gasteiger partial charge < -0.3 is 16.4 Å². The van der Waals surface area contributed by atoms with E-state index in [0.717, 1.165) is 5.56 Å².